The van der Waals surface area contributed by atoms with E-state index < -0.39 is 0 Å². The fourth-order valence-electron chi connectivity index (χ4n) is 2.51. The van der Waals surface area contributed by atoms with Crippen molar-refractivity contribution in [3.05, 3.63) is 59.1 Å². The Hall–Kier alpha value is -2.64. The first kappa shape index (κ1) is 21.1. The standard InChI is InChI=1S/C21H20ClN3O3S/c1-13(2)11-19(27)23-17-9-5-14(6-10-17)18(26)12-29-21-25-24-20(28-21)15-3-7-16(22)8-4-15/h3-10,13H,11-12H2,1-2H3,(H,23,27). The van der Waals surface area contributed by atoms with Crippen molar-refractivity contribution >= 4 is 40.7 Å². The number of carbonyl (C=O) groups is 2. The molecular weight excluding hydrogens is 410 g/mol. The Morgan fingerprint density at radius 1 is 1.07 bits per heavy atom. The van der Waals surface area contributed by atoms with Crippen LogP contribution >= 0.6 is 23.4 Å². The Kier molecular flexibility index (Phi) is 7.06. The third-order valence-electron chi connectivity index (χ3n) is 3.91. The molecule has 3 rings (SSSR count). The number of rotatable bonds is 8. The molecule has 29 heavy (non-hydrogen) atoms. The number of nitrogens with zero attached hydrogens (tertiary/aromatic N) is 2. The summed E-state index contributed by atoms with van der Waals surface area (Å²) in [6.07, 6.45) is 0.458. The number of hydrogen-bond acceptors (Lipinski definition) is 6. The first-order chi connectivity index (χ1) is 13.9. The highest BCUT2D eigenvalue weighted by molar-refractivity contribution is 7.99. The predicted molar refractivity (Wildman–Crippen MR) is 114 cm³/mol. The van der Waals surface area contributed by atoms with Crippen LogP contribution in [0.25, 0.3) is 11.5 Å². The van der Waals surface area contributed by atoms with Crippen molar-refractivity contribution < 1.29 is 14.0 Å². The van der Waals surface area contributed by atoms with Gasteiger partial charge < -0.3 is 9.73 Å². The molecule has 1 N–H and O–H groups in total. The highest BCUT2D eigenvalue weighted by Gasteiger charge is 2.13. The second-order valence-corrected chi connectivity index (χ2v) is 8.18. The van der Waals surface area contributed by atoms with Gasteiger partial charge in [-0.1, -0.05) is 37.2 Å². The van der Waals surface area contributed by atoms with E-state index in [1.807, 2.05) is 13.8 Å². The second kappa shape index (κ2) is 9.71. The van der Waals surface area contributed by atoms with Gasteiger partial charge >= 0.3 is 0 Å². The van der Waals surface area contributed by atoms with Gasteiger partial charge in [-0.05, 0) is 54.4 Å². The fourth-order valence-corrected chi connectivity index (χ4v) is 3.29. The van der Waals surface area contributed by atoms with Crippen LogP contribution in [0.1, 0.15) is 30.6 Å². The van der Waals surface area contributed by atoms with Gasteiger partial charge in [0.15, 0.2) is 5.78 Å². The van der Waals surface area contributed by atoms with Crippen LogP contribution in [0.2, 0.25) is 5.02 Å². The summed E-state index contributed by atoms with van der Waals surface area (Å²) in [6.45, 7) is 3.97. The van der Waals surface area contributed by atoms with Gasteiger partial charge in [-0.3, -0.25) is 9.59 Å². The summed E-state index contributed by atoms with van der Waals surface area (Å²) in [4.78, 5) is 24.2. The van der Waals surface area contributed by atoms with Crippen molar-refractivity contribution in [2.24, 2.45) is 5.92 Å². The number of anilines is 1. The van der Waals surface area contributed by atoms with E-state index in [9.17, 15) is 9.59 Å². The van der Waals surface area contributed by atoms with Gasteiger partial charge in [0.2, 0.25) is 11.8 Å². The topological polar surface area (TPSA) is 85.1 Å². The van der Waals surface area contributed by atoms with E-state index in [0.29, 0.717) is 33.8 Å². The molecule has 1 aromatic heterocycles. The Balaban J connectivity index is 1.54. The van der Waals surface area contributed by atoms with Gasteiger partial charge in [-0.2, -0.15) is 0 Å². The zero-order chi connectivity index (χ0) is 20.8. The predicted octanol–water partition coefficient (Wildman–Crippen LogP) is 5.35. The Morgan fingerprint density at radius 2 is 1.76 bits per heavy atom. The van der Waals surface area contributed by atoms with Crippen LogP contribution < -0.4 is 5.32 Å². The molecule has 0 atom stereocenters. The van der Waals surface area contributed by atoms with E-state index in [1.165, 1.54) is 11.8 Å². The number of aromatic nitrogens is 2. The van der Waals surface area contributed by atoms with Crippen LogP contribution in [-0.2, 0) is 4.79 Å². The maximum atomic E-state index is 12.4. The summed E-state index contributed by atoms with van der Waals surface area (Å²) < 4.78 is 5.59. The maximum absolute atomic E-state index is 12.4. The molecule has 0 radical (unpaired) electrons. The molecule has 0 aliphatic heterocycles. The molecule has 0 bridgehead atoms. The minimum atomic E-state index is -0.0682. The number of nitrogens with one attached hydrogen (secondary N) is 1. The molecule has 0 fully saturated rings. The highest BCUT2D eigenvalue weighted by Crippen LogP contribution is 2.25. The summed E-state index contributed by atoms with van der Waals surface area (Å²) in [5.74, 6) is 0.723. The Labute approximate surface area is 178 Å². The minimum Gasteiger partial charge on any atom is -0.411 e. The van der Waals surface area contributed by atoms with Crippen LogP contribution in [-0.4, -0.2) is 27.6 Å². The summed E-state index contributed by atoms with van der Waals surface area (Å²) in [5.41, 5.74) is 1.98. The molecule has 0 unspecified atom stereocenters. The van der Waals surface area contributed by atoms with E-state index >= 15 is 0 Å². The number of ketones is 1. The fraction of sp³-hybridized carbons (Fsp3) is 0.238. The van der Waals surface area contributed by atoms with Crippen LogP contribution in [0.4, 0.5) is 5.69 Å². The average Bonchev–Trinajstić information content (AvgIpc) is 3.15. The smallest absolute Gasteiger partial charge is 0.277 e. The van der Waals surface area contributed by atoms with E-state index in [-0.39, 0.29) is 23.4 Å². The lowest BCUT2D eigenvalue weighted by Crippen LogP contribution is -2.14. The third kappa shape index (κ3) is 6.17. The van der Waals surface area contributed by atoms with Gasteiger partial charge in [0.05, 0.1) is 5.75 Å². The third-order valence-corrected chi connectivity index (χ3v) is 4.98. The molecular formula is C21H20ClN3O3S. The zero-order valence-corrected chi connectivity index (χ0v) is 17.6. The molecule has 0 saturated carbocycles. The summed E-state index contributed by atoms with van der Waals surface area (Å²) in [6, 6.07) is 13.9. The normalized spacial score (nSPS) is 10.9. The van der Waals surface area contributed by atoms with Crippen molar-refractivity contribution in [3.63, 3.8) is 0 Å². The number of Topliss-reactive ketones (excluding diaryl/α,β-unsaturated/α-hetero) is 1. The quantitative estimate of drug-likeness (QED) is 0.383. The van der Waals surface area contributed by atoms with Crippen molar-refractivity contribution in [3.8, 4) is 11.5 Å². The van der Waals surface area contributed by atoms with Crippen LogP contribution in [0.15, 0.2) is 58.2 Å². The van der Waals surface area contributed by atoms with Gasteiger partial charge in [-0.25, -0.2) is 0 Å². The molecule has 0 saturated heterocycles. The Morgan fingerprint density at radius 3 is 2.41 bits per heavy atom. The molecule has 0 spiro atoms. The number of halogens is 1. The van der Waals surface area contributed by atoms with Crippen molar-refractivity contribution in [1.29, 1.82) is 0 Å². The van der Waals surface area contributed by atoms with E-state index in [2.05, 4.69) is 15.5 Å². The lowest BCUT2D eigenvalue weighted by Gasteiger charge is -2.07. The number of amides is 1. The molecule has 0 aliphatic carbocycles. The van der Waals surface area contributed by atoms with Crippen molar-refractivity contribution in [1.82, 2.24) is 10.2 Å². The molecule has 8 heteroatoms. The maximum Gasteiger partial charge on any atom is 0.277 e. The minimum absolute atomic E-state index is 0.0393. The number of benzene rings is 2. The first-order valence-corrected chi connectivity index (χ1v) is 10.4. The van der Waals surface area contributed by atoms with Gasteiger partial charge in [-0.15, -0.1) is 10.2 Å². The van der Waals surface area contributed by atoms with Gasteiger partial charge in [0.1, 0.15) is 0 Å². The average molecular weight is 430 g/mol. The number of hydrogen-bond donors (Lipinski definition) is 1. The molecule has 1 amide bonds. The molecule has 150 valence electrons. The monoisotopic (exact) mass is 429 g/mol. The van der Waals surface area contributed by atoms with Crippen LogP contribution in [0.3, 0.4) is 0 Å². The van der Waals surface area contributed by atoms with Gasteiger partial charge in [0.25, 0.3) is 5.22 Å². The number of carbonyl (C=O) groups excluding carboxylic acids is 2. The Bertz CT molecular complexity index is 985. The van der Waals surface area contributed by atoms with E-state index in [0.717, 1.165) is 5.56 Å². The first-order valence-electron chi connectivity index (χ1n) is 9.06. The lowest BCUT2D eigenvalue weighted by molar-refractivity contribution is -0.116. The summed E-state index contributed by atoms with van der Waals surface area (Å²) in [7, 11) is 0. The molecule has 2 aromatic carbocycles. The van der Waals surface area contributed by atoms with E-state index in [4.69, 9.17) is 16.0 Å². The SMILES string of the molecule is CC(C)CC(=O)Nc1ccc(C(=O)CSc2nnc(-c3ccc(Cl)cc3)o2)cc1. The molecule has 6 nitrogen and oxygen atoms in total. The number of thioether (sulfide) groups is 1. The zero-order valence-electron chi connectivity index (χ0n) is 16.0. The molecule has 0 aliphatic rings. The second-order valence-electron chi connectivity index (χ2n) is 6.82. The van der Waals surface area contributed by atoms with Crippen LogP contribution in [0, 0.1) is 5.92 Å². The van der Waals surface area contributed by atoms with Crippen molar-refractivity contribution in [2.45, 2.75) is 25.5 Å². The molecule has 1 heterocycles. The van der Waals surface area contributed by atoms with Gasteiger partial charge in [0, 0.05) is 28.3 Å². The molecule has 3 aromatic rings. The largest absolute Gasteiger partial charge is 0.411 e. The highest BCUT2D eigenvalue weighted by atomic mass is 35.5. The van der Waals surface area contributed by atoms with Crippen LogP contribution in [0.5, 0.6) is 0 Å². The van der Waals surface area contributed by atoms with E-state index in [1.54, 1.807) is 48.5 Å². The lowest BCUT2D eigenvalue weighted by atomic mass is 10.1. The summed E-state index contributed by atoms with van der Waals surface area (Å²) >= 11 is 7.05. The van der Waals surface area contributed by atoms with Crippen molar-refractivity contribution in [2.75, 3.05) is 11.1 Å². The summed E-state index contributed by atoms with van der Waals surface area (Å²) in [5, 5.41) is 11.7.